The Labute approximate surface area is 179 Å². The van der Waals surface area contributed by atoms with Gasteiger partial charge in [0.25, 0.3) is 5.91 Å². The Morgan fingerprint density at radius 3 is 2.67 bits per heavy atom. The quantitative estimate of drug-likeness (QED) is 0.485. The van der Waals surface area contributed by atoms with E-state index >= 15 is 0 Å². The van der Waals surface area contributed by atoms with Crippen LogP contribution in [0, 0.1) is 20.8 Å². The molecule has 2 aromatic heterocycles. The Bertz CT molecular complexity index is 1230. The van der Waals surface area contributed by atoms with Crippen LogP contribution in [0.4, 0.5) is 5.82 Å². The number of nitrogens with one attached hydrogen (secondary N) is 1. The topological polar surface area (TPSA) is 69.0 Å². The molecule has 0 bridgehead atoms. The summed E-state index contributed by atoms with van der Waals surface area (Å²) < 4.78 is 6.97. The number of carbonyl (C=O) groups excluding carboxylic acids is 1. The SMILES string of the molecule is COc1cccc(-c2csc(-n3nc(C)cc3NC(=O)c3ccc(C)c(C)c3)n2)c1. The van der Waals surface area contributed by atoms with Gasteiger partial charge in [-0.2, -0.15) is 9.78 Å². The Hall–Kier alpha value is -3.45. The molecule has 0 aliphatic heterocycles. The number of carbonyl (C=O) groups is 1. The third kappa shape index (κ3) is 3.97. The Balaban J connectivity index is 1.63. The van der Waals surface area contributed by atoms with E-state index in [1.165, 1.54) is 11.3 Å². The Morgan fingerprint density at radius 1 is 1.07 bits per heavy atom. The number of aryl methyl sites for hydroxylation is 3. The number of anilines is 1. The minimum Gasteiger partial charge on any atom is -0.497 e. The molecular weight excluding hydrogens is 396 g/mol. The summed E-state index contributed by atoms with van der Waals surface area (Å²) in [4.78, 5) is 17.5. The molecule has 0 saturated heterocycles. The molecule has 0 atom stereocenters. The molecule has 4 rings (SSSR count). The highest BCUT2D eigenvalue weighted by atomic mass is 32.1. The fourth-order valence-electron chi connectivity index (χ4n) is 3.08. The molecule has 0 aliphatic rings. The second-order valence-corrected chi connectivity index (χ2v) is 7.92. The molecule has 0 unspecified atom stereocenters. The van der Waals surface area contributed by atoms with E-state index in [0.29, 0.717) is 16.5 Å². The Morgan fingerprint density at radius 2 is 1.90 bits per heavy atom. The predicted molar refractivity (Wildman–Crippen MR) is 120 cm³/mol. The van der Waals surface area contributed by atoms with Crippen LogP contribution in [0.1, 0.15) is 27.2 Å². The van der Waals surface area contributed by atoms with E-state index in [1.807, 2.05) is 74.7 Å². The van der Waals surface area contributed by atoms with E-state index in [9.17, 15) is 4.79 Å². The summed E-state index contributed by atoms with van der Waals surface area (Å²) in [6.07, 6.45) is 0. The lowest BCUT2D eigenvalue weighted by Crippen LogP contribution is -2.15. The molecule has 2 heterocycles. The molecule has 4 aromatic rings. The smallest absolute Gasteiger partial charge is 0.256 e. The third-order valence-electron chi connectivity index (χ3n) is 4.88. The summed E-state index contributed by atoms with van der Waals surface area (Å²) in [5.74, 6) is 1.18. The van der Waals surface area contributed by atoms with E-state index in [-0.39, 0.29) is 5.91 Å². The van der Waals surface area contributed by atoms with Crippen LogP contribution in [0.3, 0.4) is 0 Å². The first-order valence-electron chi connectivity index (χ1n) is 9.50. The standard InChI is InChI=1S/C23H22N4O2S/c1-14-8-9-18(10-15(14)2)22(28)25-21-11-16(3)26-27(21)23-24-20(13-30-23)17-6-5-7-19(12-17)29-4/h5-13H,1-4H3,(H,25,28). The first-order valence-corrected chi connectivity index (χ1v) is 10.4. The summed E-state index contributed by atoms with van der Waals surface area (Å²) >= 11 is 1.46. The van der Waals surface area contributed by atoms with Crippen LogP contribution in [0.25, 0.3) is 16.4 Å². The summed E-state index contributed by atoms with van der Waals surface area (Å²) in [6, 6.07) is 15.3. The number of aromatic nitrogens is 3. The highest BCUT2D eigenvalue weighted by Crippen LogP contribution is 2.28. The van der Waals surface area contributed by atoms with Crippen molar-refractivity contribution in [3.8, 4) is 22.1 Å². The van der Waals surface area contributed by atoms with Crippen molar-refractivity contribution < 1.29 is 9.53 Å². The summed E-state index contributed by atoms with van der Waals surface area (Å²) in [5, 5.41) is 10.1. The number of benzene rings is 2. The van der Waals surface area contributed by atoms with Crippen molar-refractivity contribution in [3.05, 3.63) is 76.3 Å². The molecule has 30 heavy (non-hydrogen) atoms. The summed E-state index contributed by atoms with van der Waals surface area (Å²) in [6.45, 7) is 5.91. The van der Waals surface area contributed by atoms with Crippen molar-refractivity contribution in [2.75, 3.05) is 12.4 Å². The maximum Gasteiger partial charge on any atom is 0.256 e. The number of rotatable bonds is 5. The van der Waals surface area contributed by atoms with Crippen molar-refractivity contribution in [3.63, 3.8) is 0 Å². The van der Waals surface area contributed by atoms with Gasteiger partial charge in [0.1, 0.15) is 11.6 Å². The predicted octanol–water partition coefficient (Wildman–Crippen LogP) is 5.18. The molecule has 2 aromatic carbocycles. The fraction of sp³-hybridized carbons (Fsp3) is 0.174. The van der Waals surface area contributed by atoms with Gasteiger partial charge in [0.05, 0.1) is 18.5 Å². The van der Waals surface area contributed by atoms with Crippen molar-refractivity contribution in [1.82, 2.24) is 14.8 Å². The van der Waals surface area contributed by atoms with Gasteiger partial charge in [-0.25, -0.2) is 4.98 Å². The maximum absolute atomic E-state index is 12.8. The van der Waals surface area contributed by atoms with Crippen LogP contribution in [0.5, 0.6) is 5.75 Å². The van der Waals surface area contributed by atoms with Gasteiger partial charge in [-0.1, -0.05) is 18.2 Å². The van der Waals surface area contributed by atoms with Crippen molar-refractivity contribution in [2.24, 2.45) is 0 Å². The minimum absolute atomic E-state index is 0.177. The van der Waals surface area contributed by atoms with Crippen molar-refractivity contribution in [2.45, 2.75) is 20.8 Å². The molecule has 0 aliphatic carbocycles. The van der Waals surface area contributed by atoms with Crippen LogP contribution < -0.4 is 10.1 Å². The average Bonchev–Trinajstić information content (AvgIpc) is 3.36. The van der Waals surface area contributed by atoms with E-state index in [0.717, 1.165) is 33.8 Å². The summed E-state index contributed by atoms with van der Waals surface area (Å²) in [5.41, 5.74) is 5.42. The van der Waals surface area contributed by atoms with Gasteiger partial charge in [-0.3, -0.25) is 4.79 Å². The van der Waals surface area contributed by atoms with Gasteiger partial charge in [-0.05, 0) is 56.2 Å². The lowest BCUT2D eigenvalue weighted by atomic mass is 10.1. The second-order valence-electron chi connectivity index (χ2n) is 7.08. The zero-order valence-corrected chi connectivity index (χ0v) is 18.1. The molecule has 0 radical (unpaired) electrons. The zero-order chi connectivity index (χ0) is 21.3. The molecule has 0 spiro atoms. The number of thiazole rings is 1. The first-order chi connectivity index (χ1) is 14.4. The monoisotopic (exact) mass is 418 g/mol. The molecule has 0 saturated carbocycles. The molecule has 0 fully saturated rings. The molecular formula is C23H22N4O2S. The molecule has 152 valence electrons. The van der Waals surface area contributed by atoms with Crippen LogP contribution in [0.2, 0.25) is 0 Å². The van der Waals surface area contributed by atoms with Crippen molar-refractivity contribution >= 4 is 23.1 Å². The third-order valence-corrected chi connectivity index (χ3v) is 5.70. The lowest BCUT2D eigenvalue weighted by molar-refractivity contribution is 0.102. The number of nitrogens with zero attached hydrogens (tertiary/aromatic N) is 3. The average molecular weight is 419 g/mol. The van der Waals surface area contributed by atoms with Gasteiger partial charge in [0, 0.05) is 22.6 Å². The number of amides is 1. The minimum atomic E-state index is -0.177. The molecule has 7 heteroatoms. The van der Waals surface area contributed by atoms with Gasteiger partial charge in [0.2, 0.25) is 5.13 Å². The number of methoxy groups -OCH3 is 1. The number of ether oxygens (including phenoxy) is 1. The van der Waals surface area contributed by atoms with Crippen LogP contribution in [0.15, 0.2) is 53.9 Å². The molecule has 6 nitrogen and oxygen atoms in total. The van der Waals surface area contributed by atoms with Gasteiger partial charge in [-0.15, -0.1) is 11.3 Å². The van der Waals surface area contributed by atoms with Crippen LogP contribution >= 0.6 is 11.3 Å². The van der Waals surface area contributed by atoms with E-state index in [2.05, 4.69) is 10.4 Å². The van der Waals surface area contributed by atoms with E-state index in [4.69, 9.17) is 9.72 Å². The van der Waals surface area contributed by atoms with Crippen LogP contribution in [-0.2, 0) is 0 Å². The second kappa shape index (κ2) is 8.12. The largest absolute Gasteiger partial charge is 0.497 e. The van der Waals surface area contributed by atoms with E-state index in [1.54, 1.807) is 11.8 Å². The number of hydrogen-bond donors (Lipinski definition) is 1. The highest BCUT2D eigenvalue weighted by molar-refractivity contribution is 7.12. The molecule has 1 N–H and O–H groups in total. The van der Waals surface area contributed by atoms with Crippen molar-refractivity contribution in [1.29, 1.82) is 0 Å². The Kier molecular flexibility index (Phi) is 5.37. The molecule has 1 amide bonds. The summed E-state index contributed by atoms with van der Waals surface area (Å²) in [7, 11) is 1.64. The number of hydrogen-bond acceptors (Lipinski definition) is 5. The van der Waals surface area contributed by atoms with Gasteiger partial charge < -0.3 is 10.1 Å². The highest BCUT2D eigenvalue weighted by Gasteiger charge is 2.16. The van der Waals surface area contributed by atoms with Gasteiger partial charge in [0.15, 0.2) is 0 Å². The first kappa shape index (κ1) is 19.8. The normalized spacial score (nSPS) is 10.8. The maximum atomic E-state index is 12.8. The van der Waals surface area contributed by atoms with E-state index < -0.39 is 0 Å². The zero-order valence-electron chi connectivity index (χ0n) is 17.3. The van der Waals surface area contributed by atoms with Crippen LogP contribution in [-0.4, -0.2) is 27.8 Å². The van der Waals surface area contributed by atoms with Gasteiger partial charge >= 0.3 is 0 Å². The lowest BCUT2D eigenvalue weighted by Gasteiger charge is -2.08. The fourth-order valence-corrected chi connectivity index (χ4v) is 3.88.